The van der Waals surface area contributed by atoms with Gasteiger partial charge in [0.15, 0.2) is 0 Å². The molecule has 1 aliphatic heterocycles. The number of halogens is 2. The lowest BCUT2D eigenvalue weighted by Crippen LogP contribution is -2.32. The molecule has 0 atom stereocenters. The average Bonchev–Trinajstić information content (AvgIpc) is 2.55. The van der Waals surface area contributed by atoms with Gasteiger partial charge in [-0.2, -0.15) is 0 Å². The molecule has 110 valence electrons. The smallest absolute Gasteiger partial charge is 0.254 e. The highest BCUT2D eigenvalue weighted by molar-refractivity contribution is 5.94. The summed E-state index contributed by atoms with van der Waals surface area (Å²) in [5, 5.41) is 0. The van der Waals surface area contributed by atoms with Crippen molar-refractivity contribution >= 4 is 11.6 Å². The second-order valence-electron chi connectivity index (χ2n) is 6.16. The molecule has 0 aromatic heterocycles. The average molecular weight is 282 g/mol. The van der Waals surface area contributed by atoms with Crippen LogP contribution in [0, 0.1) is 17.0 Å². The Kier molecular flexibility index (Phi) is 3.97. The predicted molar refractivity (Wildman–Crippen MR) is 74.3 cm³/mol. The first-order valence-corrected chi connectivity index (χ1v) is 6.84. The van der Waals surface area contributed by atoms with E-state index in [1.807, 2.05) is 0 Å². The monoisotopic (exact) mass is 282 g/mol. The summed E-state index contributed by atoms with van der Waals surface area (Å²) in [7, 11) is 0. The van der Waals surface area contributed by atoms with E-state index in [0.29, 0.717) is 13.1 Å². The quantitative estimate of drug-likeness (QED) is 0.804. The molecule has 1 saturated heterocycles. The van der Waals surface area contributed by atoms with Crippen LogP contribution in [0.15, 0.2) is 12.1 Å². The number of rotatable bonds is 1. The Morgan fingerprint density at radius 2 is 1.80 bits per heavy atom. The molecule has 3 nitrogen and oxygen atoms in total. The normalized spacial score (nSPS) is 18.7. The van der Waals surface area contributed by atoms with E-state index < -0.39 is 17.3 Å². The molecule has 0 unspecified atom stereocenters. The van der Waals surface area contributed by atoms with Crippen LogP contribution in [-0.4, -0.2) is 23.9 Å². The van der Waals surface area contributed by atoms with E-state index in [-0.39, 0.29) is 16.9 Å². The number of nitrogen functional groups attached to an aromatic ring is 1. The van der Waals surface area contributed by atoms with Crippen molar-refractivity contribution in [3.63, 3.8) is 0 Å². The van der Waals surface area contributed by atoms with Crippen molar-refractivity contribution in [1.82, 2.24) is 4.90 Å². The molecule has 0 saturated carbocycles. The summed E-state index contributed by atoms with van der Waals surface area (Å²) in [4.78, 5) is 14.0. The molecule has 0 aliphatic carbocycles. The van der Waals surface area contributed by atoms with Gasteiger partial charge < -0.3 is 10.6 Å². The minimum Gasteiger partial charge on any atom is -0.394 e. The molecular weight excluding hydrogens is 262 g/mol. The molecule has 1 aliphatic rings. The summed E-state index contributed by atoms with van der Waals surface area (Å²) in [6, 6.07) is 2.02. The molecule has 2 rings (SSSR count). The predicted octanol–water partition coefficient (Wildman–Crippen LogP) is 3.20. The lowest BCUT2D eigenvalue weighted by atomic mass is 9.85. The first-order valence-electron chi connectivity index (χ1n) is 6.84. The van der Waals surface area contributed by atoms with Crippen molar-refractivity contribution in [2.45, 2.75) is 33.1 Å². The lowest BCUT2D eigenvalue weighted by Gasteiger charge is -2.23. The summed E-state index contributed by atoms with van der Waals surface area (Å²) < 4.78 is 26.9. The third-order valence-corrected chi connectivity index (χ3v) is 3.95. The maximum Gasteiger partial charge on any atom is 0.254 e. The van der Waals surface area contributed by atoms with Crippen molar-refractivity contribution in [2.24, 2.45) is 5.41 Å². The van der Waals surface area contributed by atoms with Crippen LogP contribution >= 0.6 is 0 Å². The van der Waals surface area contributed by atoms with E-state index in [4.69, 9.17) is 5.73 Å². The van der Waals surface area contributed by atoms with Crippen LogP contribution in [0.1, 0.15) is 43.5 Å². The standard InChI is InChI=1S/C15H20F2N2O/c1-15(2)4-3-6-19(7-5-15)14(20)10-8-11(16)13(18)12(17)9-10/h8-9H,3-7,18H2,1-2H3. The van der Waals surface area contributed by atoms with Gasteiger partial charge in [-0.05, 0) is 36.8 Å². The van der Waals surface area contributed by atoms with Crippen molar-refractivity contribution in [2.75, 3.05) is 18.8 Å². The van der Waals surface area contributed by atoms with Crippen LogP contribution in [0.4, 0.5) is 14.5 Å². The molecule has 0 spiro atoms. The molecule has 1 heterocycles. The molecule has 2 N–H and O–H groups in total. The SMILES string of the molecule is CC1(C)CCCN(C(=O)c2cc(F)c(N)c(F)c2)CC1. The zero-order chi connectivity index (χ0) is 14.9. The number of carbonyl (C=O) groups is 1. The number of hydrogen-bond acceptors (Lipinski definition) is 2. The van der Waals surface area contributed by atoms with Crippen LogP contribution in [0.5, 0.6) is 0 Å². The fraction of sp³-hybridized carbons (Fsp3) is 0.533. The number of anilines is 1. The third kappa shape index (κ3) is 3.08. The Hall–Kier alpha value is -1.65. The Balaban J connectivity index is 2.19. The molecule has 20 heavy (non-hydrogen) atoms. The minimum absolute atomic E-state index is 0.0221. The lowest BCUT2D eigenvalue weighted by molar-refractivity contribution is 0.0756. The van der Waals surface area contributed by atoms with E-state index in [1.54, 1.807) is 4.90 Å². The van der Waals surface area contributed by atoms with Gasteiger partial charge in [0, 0.05) is 18.7 Å². The Morgan fingerprint density at radius 3 is 2.40 bits per heavy atom. The Labute approximate surface area is 117 Å². The van der Waals surface area contributed by atoms with E-state index >= 15 is 0 Å². The van der Waals surface area contributed by atoms with Gasteiger partial charge in [0.25, 0.3) is 5.91 Å². The largest absolute Gasteiger partial charge is 0.394 e. The van der Waals surface area contributed by atoms with Gasteiger partial charge in [0.05, 0.1) is 0 Å². The summed E-state index contributed by atoms with van der Waals surface area (Å²) >= 11 is 0. The number of hydrogen-bond donors (Lipinski definition) is 1. The molecule has 5 heteroatoms. The third-order valence-electron chi connectivity index (χ3n) is 3.95. The van der Waals surface area contributed by atoms with Crippen LogP contribution in [-0.2, 0) is 0 Å². The number of nitrogens with two attached hydrogens (primary N) is 1. The van der Waals surface area contributed by atoms with Crippen LogP contribution in [0.2, 0.25) is 0 Å². The molecule has 0 bridgehead atoms. The van der Waals surface area contributed by atoms with E-state index in [0.717, 1.165) is 31.4 Å². The first kappa shape index (κ1) is 14.8. The van der Waals surface area contributed by atoms with Gasteiger partial charge in [-0.25, -0.2) is 8.78 Å². The van der Waals surface area contributed by atoms with E-state index in [9.17, 15) is 13.6 Å². The van der Waals surface area contributed by atoms with Crippen LogP contribution < -0.4 is 5.73 Å². The second-order valence-corrected chi connectivity index (χ2v) is 6.16. The van der Waals surface area contributed by atoms with Gasteiger partial charge in [-0.3, -0.25) is 4.79 Å². The van der Waals surface area contributed by atoms with Gasteiger partial charge in [-0.15, -0.1) is 0 Å². The zero-order valence-corrected chi connectivity index (χ0v) is 11.9. The van der Waals surface area contributed by atoms with Gasteiger partial charge >= 0.3 is 0 Å². The maximum atomic E-state index is 13.4. The second kappa shape index (κ2) is 5.38. The minimum atomic E-state index is -0.886. The van der Waals surface area contributed by atoms with E-state index in [1.165, 1.54) is 0 Å². The molecular formula is C15H20F2N2O. The first-order chi connectivity index (χ1) is 9.30. The highest BCUT2D eigenvalue weighted by Gasteiger charge is 2.26. The van der Waals surface area contributed by atoms with Crippen LogP contribution in [0.3, 0.4) is 0 Å². The number of carbonyl (C=O) groups excluding carboxylic acids is 1. The van der Waals surface area contributed by atoms with E-state index in [2.05, 4.69) is 13.8 Å². The maximum absolute atomic E-state index is 13.4. The van der Waals surface area contributed by atoms with Gasteiger partial charge in [0.2, 0.25) is 0 Å². The number of amides is 1. The van der Waals surface area contributed by atoms with Gasteiger partial charge in [-0.1, -0.05) is 13.8 Å². The van der Waals surface area contributed by atoms with Gasteiger partial charge in [0.1, 0.15) is 17.3 Å². The summed E-state index contributed by atoms with van der Waals surface area (Å²) in [5.41, 5.74) is 4.90. The number of likely N-dealkylation sites (tertiary alicyclic amines) is 1. The van der Waals surface area contributed by atoms with Crippen molar-refractivity contribution < 1.29 is 13.6 Å². The fourth-order valence-electron chi connectivity index (χ4n) is 2.52. The topological polar surface area (TPSA) is 46.3 Å². The van der Waals surface area contributed by atoms with Crippen LogP contribution in [0.25, 0.3) is 0 Å². The Bertz CT molecular complexity index is 506. The molecule has 1 fully saturated rings. The summed E-state index contributed by atoms with van der Waals surface area (Å²) in [6.07, 6.45) is 2.83. The van der Waals surface area contributed by atoms with Crippen molar-refractivity contribution in [1.29, 1.82) is 0 Å². The highest BCUT2D eigenvalue weighted by Crippen LogP contribution is 2.30. The molecule has 1 amide bonds. The number of benzene rings is 1. The molecule has 1 aromatic rings. The van der Waals surface area contributed by atoms with Crippen molar-refractivity contribution in [3.05, 3.63) is 29.3 Å². The summed E-state index contributed by atoms with van der Waals surface area (Å²) in [5.74, 6) is -2.10. The molecule has 1 aromatic carbocycles. The highest BCUT2D eigenvalue weighted by atomic mass is 19.1. The zero-order valence-electron chi connectivity index (χ0n) is 11.9. The molecule has 0 radical (unpaired) electrons. The fourth-order valence-corrected chi connectivity index (χ4v) is 2.52. The summed E-state index contributed by atoms with van der Waals surface area (Å²) in [6.45, 7) is 5.57. The van der Waals surface area contributed by atoms with Crippen molar-refractivity contribution in [3.8, 4) is 0 Å². The number of nitrogens with zero attached hydrogens (tertiary/aromatic N) is 1. The Morgan fingerprint density at radius 1 is 1.20 bits per heavy atom.